The van der Waals surface area contributed by atoms with Gasteiger partial charge in [0.15, 0.2) is 5.78 Å². The van der Waals surface area contributed by atoms with E-state index in [2.05, 4.69) is 5.32 Å². The number of ether oxygens (including phenoxy) is 1. The number of hydrogen-bond donors (Lipinski definition) is 3. The van der Waals surface area contributed by atoms with Crippen molar-refractivity contribution in [2.75, 3.05) is 13.2 Å². The number of phenols is 2. The van der Waals surface area contributed by atoms with Crippen molar-refractivity contribution in [3.05, 3.63) is 77.9 Å². The maximum Gasteiger partial charge on any atom is 0.195 e. The molecule has 1 heterocycles. The molecular formula is C27H25NO4S. The second-order valence-electron chi connectivity index (χ2n) is 8.32. The van der Waals surface area contributed by atoms with Gasteiger partial charge in [0.25, 0.3) is 0 Å². The zero-order valence-corrected chi connectivity index (χ0v) is 18.9. The molecule has 168 valence electrons. The van der Waals surface area contributed by atoms with Crippen LogP contribution in [-0.4, -0.2) is 35.2 Å². The van der Waals surface area contributed by atoms with E-state index in [1.165, 1.54) is 30.6 Å². The lowest BCUT2D eigenvalue weighted by Crippen LogP contribution is -2.37. The summed E-state index contributed by atoms with van der Waals surface area (Å²) in [6.45, 7) is 1.41. The normalized spacial score (nSPS) is 13.7. The molecule has 0 saturated heterocycles. The third-order valence-electron chi connectivity index (χ3n) is 6.06. The summed E-state index contributed by atoms with van der Waals surface area (Å²) in [6.07, 6.45) is 3.81. The summed E-state index contributed by atoms with van der Waals surface area (Å²) in [5, 5.41) is 23.9. The highest BCUT2D eigenvalue weighted by Gasteiger charge is 2.22. The fourth-order valence-electron chi connectivity index (χ4n) is 4.02. The van der Waals surface area contributed by atoms with Crippen LogP contribution in [-0.2, 0) is 0 Å². The average molecular weight is 460 g/mol. The zero-order valence-electron chi connectivity index (χ0n) is 18.1. The van der Waals surface area contributed by atoms with Crippen LogP contribution in [0.2, 0.25) is 0 Å². The van der Waals surface area contributed by atoms with Gasteiger partial charge in [0.05, 0.1) is 0 Å². The second kappa shape index (κ2) is 9.25. The van der Waals surface area contributed by atoms with E-state index in [0.29, 0.717) is 23.8 Å². The van der Waals surface area contributed by atoms with Gasteiger partial charge in [-0.2, -0.15) is 0 Å². The highest BCUT2D eigenvalue weighted by atomic mass is 32.1. The van der Waals surface area contributed by atoms with E-state index in [0.717, 1.165) is 32.8 Å². The number of ketones is 1. The quantitative estimate of drug-likeness (QED) is 0.232. The van der Waals surface area contributed by atoms with Crippen LogP contribution in [0.5, 0.6) is 17.2 Å². The van der Waals surface area contributed by atoms with Crippen molar-refractivity contribution in [2.24, 2.45) is 0 Å². The lowest BCUT2D eigenvalue weighted by molar-refractivity contribution is 0.104. The molecule has 4 aromatic rings. The van der Waals surface area contributed by atoms with Crippen LogP contribution in [0.3, 0.4) is 0 Å². The van der Waals surface area contributed by atoms with Crippen LogP contribution in [0.4, 0.5) is 0 Å². The van der Waals surface area contributed by atoms with E-state index in [9.17, 15) is 15.0 Å². The van der Waals surface area contributed by atoms with Gasteiger partial charge in [-0.05, 0) is 85.1 Å². The number of carbonyl (C=O) groups excluding carboxylic acids is 1. The average Bonchev–Trinajstić information content (AvgIpc) is 3.16. The van der Waals surface area contributed by atoms with E-state index in [1.54, 1.807) is 54.6 Å². The maximum absolute atomic E-state index is 13.6. The number of aromatic hydroxyl groups is 2. The Morgan fingerprint density at radius 1 is 0.970 bits per heavy atom. The Labute approximate surface area is 196 Å². The molecular weight excluding hydrogens is 434 g/mol. The Balaban J connectivity index is 1.40. The summed E-state index contributed by atoms with van der Waals surface area (Å²) >= 11 is 1.45. The number of nitrogens with one attached hydrogen (secondary N) is 1. The highest BCUT2D eigenvalue weighted by Crippen LogP contribution is 2.41. The first-order valence-corrected chi connectivity index (χ1v) is 12.0. The predicted octanol–water partition coefficient (Wildman–Crippen LogP) is 5.73. The number of carbonyl (C=O) groups is 1. The second-order valence-corrected chi connectivity index (χ2v) is 9.37. The van der Waals surface area contributed by atoms with Gasteiger partial charge >= 0.3 is 0 Å². The molecule has 0 amide bonds. The molecule has 3 N–H and O–H groups in total. The molecule has 5 nitrogen and oxygen atoms in total. The van der Waals surface area contributed by atoms with E-state index < -0.39 is 0 Å². The molecule has 5 rings (SSSR count). The lowest BCUT2D eigenvalue weighted by Gasteiger charge is -2.26. The van der Waals surface area contributed by atoms with E-state index in [-0.39, 0.29) is 17.3 Å². The molecule has 1 aromatic heterocycles. The van der Waals surface area contributed by atoms with E-state index >= 15 is 0 Å². The van der Waals surface area contributed by atoms with Crippen molar-refractivity contribution in [2.45, 2.75) is 25.3 Å². The molecule has 1 fully saturated rings. The van der Waals surface area contributed by atoms with Gasteiger partial charge in [-0.3, -0.25) is 4.79 Å². The van der Waals surface area contributed by atoms with Crippen molar-refractivity contribution >= 4 is 27.2 Å². The van der Waals surface area contributed by atoms with Crippen LogP contribution in [0.1, 0.15) is 35.2 Å². The molecule has 6 heteroatoms. The molecule has 0 atom stereocenters. The topological polar surface area (TPSA) is 78.8 Å². The summed E-state index contributed by atoms with van der Waals surface area (Å²) < 4.78 is 6.65. The first kappa shape index (κ1) is 21.5. The Bertz CT molecular complexity index is 1270. The monoisotopic (exact) mass is 459 g/mol. The Morgan fingerprint density at radius 2 is 1.70 bits per heavy atom. The number of hydrogen-bond acceptors (Lipinski definition) is 6. The molecule has 1 saturated carbocycles. The van der Waals surface area contributed by atoms with E-state index in [1.807, 2.05) is 12.1 Å². The minimum absolute atomic E-state index is 0.0896. The molecule has 0 bridgehead atoms. The van der Waals surface area contributed by atoms with Crippen molar-refractivity contribution in [1.82, 2.24) is 5.32 Å². The first-order valence-electron chi connectivity index (χ1n) is 11.1. The zero-order chi connectivity index (χ0) is 22.8. The Kier molecular flexibility index (Phi) is 6.03. The summed E-state index contributed by atoms with van der Waals surface area (Å²) in [6, 6.07) is 19.8. The molecule has 0 spiro atoms. The molecule has 1 aliphatic carbocycles. The van der Waals surface area contributed by atoms with Crippen molar-refractivity contribution < 1.29 is 19.7 Å². The standard InChI is InChI=1S/C27H25NO4S/c29-20-8-4-18(5-9-20)27-25(23-13-10-21(30)16-24(23)33-27)26(31)17-6-11-22(12-7-17)32-15-14-28-19-2-1-3-19/h4-13,16,19,28-30H,1-3,14-15H2. The van der Waals surface area contributed by atoms with Crippen molar-refractivity contribution in [3.63, 3.8) is 0 Å². The largest absolute Gasteiger partial charge is 0.508 e. The van der Waals surface area contributed by atoms with Crippen LogP contribution < -0.4 is 10.1 Å². The predicted molar refractivity (Wildman–Crippen MR) is 132 cm³/mol. The number of rotatable bonds is 8. The molecule has 0 unspecified atom stereocenters. The fraction of sp³-hybridized carbons (Fsp3) is 0.222. The first-order chi connectivity index (χ1) is 16.1. The number of benzene rings is 3. The summed E-state index contributed by atoms with van der Waals surface area (Å²) in [5.74, 6) is 0.978. The summed E-state index contributed by atoms with van der Waals surface area (Å²) in [5.41, 5.74) is 2.01. The third kappa shape index (κ3) is 4.58. The lowest BCUT2D eigenvalue weighted by atomic mass is 9.93. The van der Waals surface area contributed by atoms with E-state index in [4.69, 9.17) is 4.74 Å². The molecule has 0 aliphatic heterocycles. The number of fused-ring (bicyclic) bond motifs is 1. The van der Waals surface area contributed by atoms with Crippen LogP contribution in [0.25, 0.3) is 20.5 Å². The summed E-state index contributed by atoms with van der Waals surface area (Å²) in [7, 11) is 0. The fourth-order valence-corrected chi connectivity index (χ4v) is 5.26. The summed E-state index contributed by atoms with van der Waals surface area (Å²) in [4.78, 5) is 14.4. The van der Waals surface area contributed by atoms with Crippen LogP contribution in [0, 0.1) is 0 Å². The molecule has 3 aromatic carbocycles. The third-order valence-corrected chi connectivity index (χ3v) is 7.26. The SMILES string of the molecule is O=C(c1ccc(OCCNC2CCC2)cc1)c1c(-c2ccc(O)cc2)sc2cc(O)ccc12. The molecule has 1 aliphatic rings. The van der Waals surface area contributed by atoms with Gasteiger partial charge in [-0.25, -0.2) is 0 Å². The maximum atomic E-state index is 13.6. The van der Waals surface area contributed by atoms with Gasteiger partial charge in [-0.1, -0.05) is 6.42 Å². The van der Waals surface area contributed by atoms with Crippen LogP contribution >= 0.6 is 11.3 Å². The van der Waals surface area contributed by atoms with Crippen molar-refractivity contribution in [3.8, 4) is 27.7 Å². The minimum Gasteiger partial charge on any atom is -0.508 e. The Hall–Kier alpha value is -3.35. The number of thiophene rings is 1. The van der Waals surface area contributed by atoms with Crippen LogP contribution in [0.15, 0.2) is 66.7 Å². The van der Waals surface area contributed by atoms with Gasteiger partial charge in [0, 0.05) is 38.7 Å². The van der Waals surface area contributed by atoms with Gasteiger partial charge in [0.2, 0.25) is 0 Å². The van der Waals surface area contributed by atoms with Gasteiger partial charge in [0.1, 0.15) is 23.9 Å². The van der Waals surface area contributed by atoms with Gasteiger partial charge < -0.3 is 20.3 Å². The Morgan fingerprint density at radius 3 is 2.39 bits per heavy atom. The number of phenolic OH excluding ortho intramolecular Hbond substituents is 2. The highest BCUT2D eigenvalue weighted by molar-refractivity contribution is 7.22. The van der Waals surface area contributed by atoms with Gasteiger partial charge in [-0.15, -0.1) is 11.3 Å². The van der Waals surface area contributed by atoms with Crippen molar-refractivity contribution in [1.29, 1.82) is 0 Å². The smallest absolute Gasteiger partial charge is 0.195 e. The molecule has 33 heavy (non-hydrogen) atoms. The minimum atomic E-state index is -0.0896. The molecule has 0 radical (unpaired) electrons.